The van der Waals surface area contributed by atoms with Crippen molar-refractivity contribution in [3.8, 4) is 0 Å². The first-order valence-electron chi connectivity index (χ1n) is 5.34. The number of aromatic nitrogens is 2. The molecule has 0 unspecified atom stereocenters. The second-order valence-corrected chi connectivity index (χ2v) is 3.84. The number of hydrogen-bond donors (Lipinski definition) is 1. The Morgan fingerprint density at radius 2 is 2.18 bits per heavy atom. The van der Waals surface area contributed by atoms with Crippen LogP contribution in [0.5, 0.6) is 0 Å². The van der Waals surface area contributed by atoms with Crippen molar-refractivity contribution in [2.75, 3.05) is 39.3 Å². The average Bonchev–Trinajstić information content (AvgIpc) is 2.28. The maximum atomic E-state index is 11.8. The van der Waals surface area contributed by atoms with E-state index in [-0.39, 0.29) is 5.91 Å². The third-order valence-corrected chi connectivity index (χ3v) is 2.07. The van der Waals surface area contributed by atoms with E-state index in [4.69, 9.17) is 4.74 Å². The largest absolute Gasteiger partial charge is 0.383 e. The number of anilines is 1. The van der Waals surface area contributed by atoms with E-state index in [1.165, 1.54) is 0 Å². The fourth-order valence-corrected chi connectivity index (χ4v) is 1.23. The summed E-state index contributed by atoms with van der Waals surface area (Å²) in [6.07, 6.45) is 0. The van der Waals surface area contributed by atoms with E-state index in [1.807, 2.05) is 21.0 Å². The number of carbonyl (C=O) groups is 1. The molecule has 1 rings (SSSR count). The van der Waals surface area contributed by atoms with Gasteiger partial charge in [0.15, 0.2) is 0 Å². The predicted molar refractivity (Wildman–Crippen MR) is 65.3 cm³/mol. The molecule has 94 valence electrons. The van der Waals surface area contributed by atoms with Crippen LogP contribution in [0.25, 0.3) is 0 Å². The minimum absolute atomic E-state index is 0.212. The van der Waals surface area contributed by atoms with Crippen molar-refractivity contribution < 1.29 is 9.53 Å². The van der Waals surface area contributed by atoms with Gasteiger partial charge in [-0.05, 0) is 13.0 Å². The Kier molecular flexibility index (Phi) is 4.84. The van der Waals surface area contributed by atoms with Gasteiger partial charge in [0.2, 0.25) is 5.95 Å². The van der Waals surface area contributed by atoms with Crippen LogP contribution in [0.2, 0.25) is 0 Å². The van der Waals surface area contributed by atoms with E-state index in [2.05, 4.69) is 15.3 Å². The van der Waals surface area contributed by atoms with Gasteiger partial charge in [0, 0.05) is 33.4 Å². The Balaban J connectivity index is 2.79. The quantitative estimate of drug-likeness (QED) is 0.744. The Morgan fingerprint density at radius 3 is 2.76 bits per heavy atom. The maximum absolute atomic E-state index is 11.8. The number of methoxy groups -OCH3 is 1. The van der Waals surface area contributed by atoms with E-state index in [0.717, 1.165) is 5.69 Å². The molecule has 0 aromatic carbocycles. The van der Waals surface area contributed by atoms with Gasteiger partial charge in [-0.25, -0.2) is 9.97 Å². The van der Waals surface area contributed by atoms with Crippen molar-refractivity contribution in [3.63, 3.8) is 0 Å². The summed E-state index contributed by atoms with van der Waals surface area (Å²) in [6.45, 7) is 2.78. The fraction of sp³-hybridized carbons (Fsp3) is 0.545. The van der Waals surface area contributed by atoms with E-state index in [9.17, 15) is 4.79 Å². The van der Waals surface area contributed by atoms with Crippen LogP contribution in [0.15, 0.2) is 6.07 Å². The lowest BCUT2D eigenvalue weighted by Gasteiger charge is -2.12. The molecule has 0 spiro atoms. The lowest BCUT2D eigenvalue weighted by atomic mass is 10.3. The van der Waals surface area contributed by atoms with Crippen molar-refractivity contribution in [2.24, 2.45) is 0 Å². The molecule has 0 aliphatic carbocycles. The number of carbonyl (C=O) groups excluding carboxylic acids is 1. The van der Waals surface area contributed by atoms with Crippen LogP contribution in [0.3, 0.4) is 0 Å². The summed E-state index contributed by atoms with van der Waals surface area (Å²) in [6, 6.07) is 1.66. The van der Waals surface area contributed by atoms with Crippen molar-refractivity contribution in [1.82, 2.24) is 15.3 Å². The average molecular weight is 238 g/mol. The Labute approximate surface area is 101 Å². The number of amides is 1. The molecule has 1 aromatic heterocycles. The molecule has 1 aromatic rings. The normalized spacial score (nSPS) is 10.1. The summed E-state index contributed by atoms with van der Waals surface area (Å²) < 4.78 is 4.86. The van der Waals surface area contributed by atoms with Crippen molar-refractivity contribution in [2.45, 2.75) is 6.92 Å². The summed E-state index contributed by atoms with van der Waals surface area (Å²) in [4.78, 5) is 21.9. The predicted octanol–water partition coefficient (Wildman–Crippen LogP) is 0.227. The molecule has 0 fully saturated rings. The van der Waals surface area contributed by atoms with Crippen LogP contribution in [-0.2, 0) is 4.74 Å². The Bertz CT molecular complexity index is 393. The van der Waals surface area contributed by atoms with Gasteiger partial charge in [0.05, 0.1) is 6.61 Å². The van der Waals surface area contributed by atoms with Gasteiger partial charge in [-0.3, -0.25) is 4.79 Å². The zero-order chi connectivity index (χ0) is 12.8. The monoisotopic (exact) mass is 238 g/mol. The topological polar surface area (TPSA) is 67.3 Å². The standard InChI is InChI=1S/C11H18N4O2/c1-8-7-9(10(16)12-5-6-17-4)14-11(13-8)15(2)3/h7H,5-6H2,1-4H3,(H,12,16). The minimum Gasteiger partial charge on any atom is -0.383 e. The SMILES string of the molecule is COCCNC(=O)c1cc(C)nc(N(C)C)n1. The van der Waals surface area contributed by atoms with Gasteiger partial charge in [-0.15, -0.1) is 0 Å². The first kappa shape index (κ1) is 13.4. The Hall–Kier alpha value is -1.69. The van der Waals surface area contributed by atoms with Gasteiger partial charge in [-0.1, -0.05) is 0 Å². The third-order valence-electron chi connectivity index (χ3n) is 2.07. The summed E-state index contributed by atoms with van der Waals surface area (Å²) in [5.41, 5.74) is 1.14. The van der Waals surface area contributed by atoms with Crippen LogP contribution in [0.4, 0.5) is 5.95 Å². The number of ether oxygens (including phenoxy) is 1. The molecule has 0 saturated carbocycles. The molecule has 0 saturated heterocycles. The molecule has 17 heavy (non-hydrogen) atoms. The number of rotatable bonds is 5. The fourth-order valence-electron chi connectivity index (χ4n) is 1.23. The first-order chi connectivity index (χ1) is 8.04. The molecule has 0 bridgehead atoms. The molecule has 1 heterocycles. The van der Waals surface area contributed by atoms with Crippen LogP contribution >= 0.6 is 0 Å². The van der Waals surface area contributed by atoms with Crippen LogP contribution in [-0.4, -0.2) is 50.2 Å². The van der Waals surface area contributed by atoms with Gasteiger partial charge in [0.1, 0.15) is 5.69 Å². The number of hydrogen-bond acceptors (Lipinski definition) is 5. The molecular formula is C11H18N4O2. The Morgan fingerprint density at radius 1 is 1.47 bits per heavy atom. The van der Waals surface area contributed by atoms with E-state index in [1.54, 1.807) is 18.1 Å². The van der Waals surface area contributed by atoms with Crippen molar-refractivity contribution in [3.05, 3.63) is 17.5 Å². The molecule has 1 amide bonds. The highest BCUT2D eigenvalue weighted by atomic mass is 16.5. The lowest BCUT2D eigenvalue weighted by molar-refractivity contribution is 0.0932. The second kappa shape index (κ2) is 6.15. The van der Waals surface area contributed by atoms with Crippen LogP contribution in [0, 0.1) is 6.92 Å². The minimum atomic E-state index is -0.212. The highest BCUT2D eigenvalue weighted by molar-refractivity contribution is 5.92. The van der Waals surface area contributed by atoms with E-state index in [0.29, 0.717) is 24.8 Å². The zero-order valence-electron chi connectivity index (χ0n) is 10.6. The molecule has 0 aliphatic rings. The van der Waals surface area contributed by atoms with E-state index >= 15 is 0 Å². The zero-order valence-corrected chi connectivity index (χ0v) is 10.6. The third kappa shape index (κ3) is 3.99. The number of nitrogens with one attached hydrogen (secondary N) is 1. The van der Waals surface area contributed by atoms with Gasteiger partial charge < -0.3 is 15.0 Å². The van der Waals surface area contributed by atoms with Crippen molar-refractivity contribution >= 4 is 11.9 Å². The molecule has 6 heteroatoms. The van der Waals surface area contributed by atoms with Crippen LogP contribution in [0.1, 0.15) is 16.2 Å². The highest BCUT2D eigenvalue weighted by Crippen LogP contribution is 2.07. The maximum Gasteiger partial charge on any atom is 0.270 e. The smallest absolute Gasteiger partial charge is 0.270 e. The van der Waals surface area contributed by atoms with Crippen LogP contribution < -0.4 is 10.2 Å². The molecule has 6 nitrogen and oxygen atoms in total. The number of nitrogens with zero attached hydrogens (tertiary/aromatic N) is 3. The molecular weight excluding hydrogens is 220 g/mol. The highest BCUT2D eigenvalue weighted by Gasteiger charge is 2.10. The number of aryl methyl sites for hydroxylation is 1. The van der Waals surface area contributed by atoms with Crippen molar-refractivity contribution in [1.29, 1.82) is 0 Å². The van der Waals surface area contributed by atoms with Gasteiger partial charge in [-0.2, -0.15) is 0 Å². The second-order valence-electron chi connectivity index (χ2n) is 3.84. The summed E-state index contributed by atoms with van der Waals surface area (Å²) in [5, 5.41) is 2.72. The lowest BCUT2D eigenvalue weighted by Crippen LogP contribution is -2.28. The molecule has 0 radical (unpaired) electrons. The molecule has 0 aliphatic heterocycles. The summed E-state index contributed by atoms with van der Waals surface area (Å²) in [7, 11) is 5.26. The summed E-state index contributed by atoms with van der Waals surface area (Å²) in [5.74, 6) is 0.317. The van der Waals surface area contributed by atoms with Gasteiger partial charge >= 0.3 is 0 Å². The van der Waals surface area contributed by atoms with E-state index < -0.39 is 0 Å². The molecule has 1 N–H and O–H groups in total. The molecule has 0 atom stereocenters. The van der Waals surface area contributed by atoms with Gasteiger partial charge in [0.25, 0.3) is 5.91 Å². The summed E-state index contributed by atoms with van der Waals surface area (Å²) >= 11 is 0. The first-order valence-corrected chi connectivity index (χ1v) is 5.34.